The number of pyridine rings is 1. The topological polar surface area (TPSA) is 89.0 Å². The summed E-state index contributed by atoms with van der Waals surface area (Å²) in [4.78, 5) is 14.3. The lowest BCUT2D eigenvalue weighted by atomic mass is 10.3. The average Bonchev–Trinajstić information content (AvgIpc) is 2.40. The van der Waals surface area contributed by atoms with Crippen LogP contribution in [0.4, 0.5) is 5.69 Å². The molecule has 0 saturated carbocycles. The van der Waals surface area contributed by atoms with Crippen LogP contribution in [0.2, 0.25) is 5.15 Å². The Bertz CT molecular complexity index is 730. The van der Waals surface area contributed by atoms with Crippen molar-refractivity contribution in [2.24, 2.45) is 0 Å². The van der Waals surface area contributed by atoms with Gasteiger partial charge < -0.3 is 4.74 Å². The number of aromatic nitrogens is 1. The van der Waals surface area contributed by atoms with E-state index in [2.05, 4.69) is 20.9 Å². The molecule has 8 heteroatoms. The van der Waals surface area contributed by atoms with Crippen molar-refractivity contribution in [3.63, 3.8) is 0 Å². The third-order valence-corrected chi connectivity index (χ3v) is 3.07. The number of nitro benzene ring substituents is 1. The number of hydrogen-bond acceptors (Lipinski definition) is 5. The van der Waals surface area contributed by atoms with Gasteiger partial charge in [0.2, 0.25) is 11.6 Å². The molecule has 1 aromatic heterocycles. The van der Waals surface area contributed by atoms with Gasteiger partial charge in [-0.1, -0.05) is 17.7 Å². The molecule has 0 bridgehead atoms. The summed E-state index contributed by atoms with van der Waals surface area (Å²) in [6, 6.07) is 9.01. The number of halogens is 2. The van der Waals surface area contributed by atoms with Crippen molar-refractivity contribution in [2.45, 2.75) is 0 Å². The number of hydrogen-bond donors (Lipinski definition) is 0. The fraction of sp³-hybridized carbons (Fsp3) is 0. The normalized spacial score (nSPS) is 9.85. The summed E-state index contributed by atoms with van der Waals surface area (Å²) in [5.41, 5.74) is 0.0226. The Morgan fingerprint density at radius 3 is 2.85 bits per heavy atom. The second-order valence-electron chi connectivity index (χ2n) is 3.58. The van der Waals surface area contributed by atoms with Crippen LogP contribution in [0.5, 0.6) is 11.6 Å². The van der Waals surface area contributed by atoms with Gasteiger partial charge in [0.05, 0.1) is 21.0 Å². The van der Waals surface area contributed by atoms with E-state index < -0.39 is 4.92 Å². The van der Waals surface area contributed by atoms with E-state index in [-0.39, 0.29) is 28.0 Å². The molecule has 0 atom stereocenters. The summed E-state index contributed by atoms with van der Waals surface area (Å²) >= 11 is 8.92. The second-order valence-corrected chi connectivity index (χ2v) is 4.82. The van der Waals surface area contributed by atoms with Crippen LogP contribution in [0.1, 0.15) is 5.56 Å². The Morgan fingerprint density at radius 1 is 1.45 bits per heavy atom. The van der Waals surface area contributed by atoms with E-state index in [0.29, 0.717) is 4.47 Å². The van der Waals surface area contributed by atoms with Gasteiger partial charge in [-0.25, -0.2) is 4.98 Å². The van der Waals surface area contributed by atoms with E-state index in [1.807, 2.05) is 6.07 Å². The SMILES string of the molecule is N#Cc1cc(Cl)nc(Oc2c(Br)cccc2[N+](=O)[O-])c1. The van der Waals surface area contributed by atoms with Crippen LogP contribution < -0.4 is 4.74 Å². The first-order valence-electron chi connectivity index (χ1n) is 5.19. The molecule has 6 nitrogen and oxygen atoms in total. The van der Waals surface area contributed by atoms with Crippen LogP contribution in [0.3, 0.4) is 0 Å². The largest absolute Gasteiger partial charge is 0.430 e. The van der Waals surface area contributed by atoms with Gasteiger partial charge in [0.1, 0.15) is 5.15 Å². The van der Waals surface area contributed by atoms with Gasteiger partial charge >= 0.3 is 5.69 Å². The first-order valence-corrected chi connectivity index (χ1v) is 6.37. The van der Waals surface area contributed by atoms with Crippen LogP contribution in [0.25, 0.3) is 0 Å². The number of ether oxygens (including phenoxy) is 1. The van der Waals surface area contributed by atoms with E-state index in [0.717, 1.165) is 0 Å². The molecule has 0 amide bonds. The van der Waals surface area contributed by atoms with Gasteiger partial charge in [-0.2, -0.15) is 5.26 Å². The molecular formula is C12H5BrClN3O3. The lowest BCUT2D eigenvalue weighted by Crippen LogP contribution is -1.96. The van der Waals surface area contributed by atoms with E-state index in [9.17, 15) is 10.1 Å². The highest BCUT2D eigenvalue weighted by atomic mass is 79.9. The number of nitriles is 1. The standard InChI is InChI=1S/C12H5BrClN3O3/c13-8-2-1-3-9(17(18)19)12(8)20-11-5-7(6-15)4-10(14)16-11/h1-5H. The molecule has 2 rings (SSSR count). The smallest absolute Gasteiger partial charge is 0.312 e. The number of rotatable bonds is 3. The Hall–Kier alpha value is -2.17. The Kier molecular flexibility index (Phi) is 4.17. The zero-order valence-electron chi connectivity index (χ0n) is 9.71. The maximum Gasteiger partial charge on any atom is 0.312 e. The molecule has 20 heavy (non-hydrogen) atoms. The number of benzene rings is 1. The van der Waals surface area contributed by atoms with E-state index >= 15 is 0 Å². The van der Waals surface area contributed by atoms with E-state index in [1.165, 1.54) is 24.3 Å². The number of nitro groups is 1. The Balaban J connectivity index is 2.48. The minimum Gasteiger partial charge on any atom is -0.430 e. The van der Waals surface area contributed by atoms with Crippen LogP contribution in [0, 0.1) is 21.4 Å². The zero-order valence-corrected chi connectivity index (χ0v) is 12.1. The summed E-state index contributed by atoms with van der Waals surface area (Å²) in [7, 11) is 0. The summed E-state index contributed by atoms with van der Waals surface area (Å²) in [6.07, 6.45) is 0. The van der Waals surface area contributed by atoms with Crippen LogP contribution in [0.15, 0.2) is 34.8 Å². The summed E-state index contributed by atoms with van der Waals surface area (Å²) < 4.78 is 5.79. The van der Waals surface area contributed by atoms with Gasteiger partial charge in [0.25, 0.3) is 0 Å². The summed E-state index contributed by atoms with van der Waals surface area (Å²) in [6.45, 7) is 0. The van der Waals surface area contributed by atoms with Crippen molar-refractivity contribution in [2.75, 3.05) is 0 Å². The third-order valence-electron chi connectivity index (χ3n) is 2.25. The fourth-order valence-electron chi connectivity index (χ4n) is 1.44. The van der Waals surface area contributed by atoms with E-state index in [4.69, 9.17) is 21.6 Å². The van der Waals surface area contributed by atoms with Crippen molar-refractivity contribution < 1.29 is 9.66 Å². The number of para-hydroxylation sites is 1. The molecule has 2 aromatic rings. The molecule has 100 valence electrons. The van der Waals surface area contributed by atoms with Gasteiger partial charge in [-0.15, -0.1) is 0 Å². The molecule has 0 saturated heterocycles. The highest BCUT2D eigenvalue weighted by Gasteiger charge is 2.19. The maximum absolute atomic E-state index is 11.0. The highest BCUT2D eigenvalue weighted by Crippen LogP contribution is 2.37. The van der Waals surface area contributed by atoms with Gasteiger partial charge in [-0.3, -0.25) is 10.1 Å². The van der Waals surface area contributed by atoms with Crippen LogP contribution in [-0.2, 0) is 0 Å². The lowest BCUT2D eigenvalue weighted by Gasteiger charge is -2.07. The first-order chi connectivity index (χ1) is 9.51. The second kappa shape index (κ2) is 5.86. The number of nitrogens with zero attached hydrogens (tertiary/aromatic N) is 3. The van der Waals surface area contributed by atoms with Crippen molar-refractivity contribution in [3.05, 3.63) is 55.6 Å². The summed E-state index contributed by atoms with van der Waals surface area (Å²) in [5, 5.41) is 19.9. The molecule has 0 aliphatic rings. The zero-order chi connectivity index (χ0) is 14.7. The Labute approximate surface area is 126 Å². The molecular weight excluding hydrogens is 350 g/mol. The molecule has 1 aromatic carbocycles. The van der Waals surface area contributed by atoms with Crippen molar-refractivity contribution in [3.8, 4) is 17.7 Å². The molecule has 1 heterocycles. The molecule has 0 unspecified atom stereocenters. The van der Waals surface area contributed by atoms with Crippen molar-refractivity contribution in [1.82, 2.24) is 4.98 Å². The van der Waals surface area contributed by atoms with Crippen LogP contribution >= 0.6 is 27.5 Å². The average molecular weight is 355 g/mol. The van der Waals surface area contributed by atoms with Gasteiger partial charge in [0.15, 0.2) is 0 Å². The van der Waals surface area contributed by atoms with Gasteiger partial charge in [-0.05, 0) is 28.1 Å². The van der Waals surface area contributed by atoms with Crippen molar-refractivity contribution in [1.29, 1.82) is 5.26 Å². The molecule has 0 spiro atoms. The quantitative estimate of drug-likeness (QED) is 0.471. The predicted molar refractivity (Wildman–Crippen MR) is 74.8 cm³/mol. The maximum atomic E-state index is 11.0. The molecule has 0 aliphatic heterocycles. The molecule has 0 fully saturated rings. The molecule has 0 radical (unpaired) electrons. The lowest BCUT2D eigenvalue weighted by molar-refractivity contribution is -0.385. The summed E-state index contributed by atoms with van der Waals surface area (Å²) in [5.74, 6) is 0.000191. The minimum atomic E-state index is -0.574. The van der Waals surface area contributed by atoms with Gasteiger partial charge in [0, 0.05) is 12.1 Å². The first kappa shape index (κ1) is 14.2. The monoisotopic (exact) mass is 353 g/mol. The minimum absolute atomic E-state index is 0.00356. The third kappa shape index (κ3) is 3.04. The fourth-order valence-corrected chi connectivity index (χ4v) is 2.07. The Morgan fingerprint density at radius 2 is 2.20 bits per heavy atom. The predicted octanol–water partition coefficient (Wildman–Crippen LogP) is 4.07. The molecule has 0 N–H and O–H groups in total. The van der Waals surface area contributed by atoms with Crippen molar-refractivity contribution >= 4 is 33.2 Å². The van der Waals surface area contributed by atoms with Crippen LogP contribution in [-0.4, -0.2) is 9.91 Å². The van der Waals surface area contributed by atoms with E-state index in [1.54, 1.807) is 6.07 Å². The molecule has 0 aliphatic carbocycles. The highest BCUT2D eigenvalue weighted by molar-refractivity contribution is 9.10.